The molecule has 7 heteroatoms. The highest BCUT2D eigenvalue weighted by molar-refractivity contribution is 7.71. The van der Waals surface area contributed by atoms with E-state index in [1.54, 1.807) is 20.3 Å². The first kappa shape index (κ1) is 13.8. The molecule has 2 aromatic rings. The highest BCUT2D eigenvalue weighted by Gasteiger charge is 2.32. The maximum Gasteiger partial charge on any atom is 0.284 e. The van der Waals surface area contributed by atoms with Crippen molar-refractivity contribution in [3.8, 4) is 11.5 Å². The van der Waals surface area contributed by atoms with Gasteiger partial charge in [0.1, 0.15) is 0 Å². The fourth-order valence-corrected chi connectivity index (χ4v) is 2.80. The highest BCUT2D eigenvalue weighted by Crippen LogP contribution is 2.41. The third-order valence-electron chi connectivity index (χ3n) is 3.63. The average molecular weight is 306 g/mol. The summed E-state index contributed by atoms with van der Waals surface area (Å²) in [6.45, 7) is 0. The Balaban J connectivity index is 1.98. The summed E-state index contributed by atoms with van der Waals surface area (Å²) in [6, 6.07) is 3.59. The maximum absolute atomic E-state index is 12.2. The number of nitrogens with one attached hydrogen (secondary N) is 1. The standard InChI is InChI=1S/C14H14N2O4S/c1-18-11-5-8-7(4-13-15-16-14(21)20-13)3-10(17)9(8)6-12(11)19-2/h5-7H,3-4H2,1-2H3,(H,16,21). The molecule has 6 nitrogen and oxygen atoms in total. The molecule has 0 saturated heterocycles. The number of H-pyrrole nitrogens is 1. The van der Waals surface area contributed by atoms with Crippen LogP contribution in [-0.2, 0) is 6.42 Å². The molecule has 1 heterocycles. The van der Waals surface area contributed by atoms with Gasteiger partial charge in [-0.3, -0.25) is 4.79 Å². The molecule has 1 aromatic heterocycles. The van der Waals surface area contributed by atoms with Gasteiger partial charge in [0.2, 0.25) is 5.89 Å². The zero-order valence-electron chi connectivity index (χ0n) is 11.6. The number of fused-ring (bicyclic) bond motifs is 1. The summed E-state index contributed by atoms with van der Waals surface area (Å²) in [5, 5.41) is 6.58. The Hall–Kier alpha value is -2.15. The third kappa shape index (κ3) is 2.44. The van der Waals surface area contributed by atoms with Gasteiger partial charge in [-0.25, -0.2) is 5.10 Å². The molecule has 1 aliphatic rings. The second-order valence-electron chi connectivity index (χ2n) is 4.83. The molecule has 3 rings (SSSR count). The van der Waals surface area contributed by atoms with E-state index >= 15 is 0 Å². The van der Waals surface area contributed by atoms with Crippen LogP contribution in [0.1, 0.15) is 34.2 Å². The molecule has 1 N–H and O–H groups in total. The number of ether oxygens (including phenoxy) is 2. The number of Topliss-reactive ketones (excluding diaryl/α,β-unsaturated/α-hetero) is 1. The molecular weight excluding hydrogens is 292 g/mol. The third-order valence-corrected chi connectivity index (χ3v) is 3.81. The van der Waals surface area contributed by atoms with E-state index in [2.05, 4.69) is 10.2 Å². The van der Waals surface area contributed by atoms with Gasteiger partial charge in [0.15, 0.2) is 17.3 Å². The maximum atomic E-state index is 12.2. The average Bonchev–Trinajstić information content (AvgIpc) is 3.02. The van der Waals surface area contributed by atoms with E-state index in [-0.39, 0.29) is 16.5 Å². The van der Waals surface area contributed by atoms with Crippen molar-refractivity contribution in [2.24, 2.45) is 0 Å². The fraction of sp³-hybridized carbons (Fsp3) is 0.357. The Kier molecular flexibility index (Phi) is 3.50. The molecule has 0 spiro atoms. The lowest BCUT2D eigenvalue weighted by Gasteiger charge is -2.12. The van der Waals surface area contributed by atoms with Crippen molar-refractivity contribution in [1.29, 1.82) is 0 Å². The van der Waals surface area contributed by atoms with Gasteiger partial charge in [-0.2, -0.15) is 0 Å². The zero-order valence-corrected chi connectivity index (χ0v) is 12.5. The normalized spacial score (nSPS) is 16.9. The van der Waals surface area contributed by atoms with Crippen LogP contribution >= 0.6 is 12.2 Å². The van der Waals surface area contributed by atoms with Crippen LogP contribution in [0, 0.1) is 4.84 Å². The van der Waals surface area contributed by atoms with Crippen LogP contribution < -0.4 is 9.47 Å². The van der Waals surface area contributed by atoms with Crippen LogP contribution in [0.2, 0.25) is 0 Å². The second-order valence-corrected chi connectivity index (χ2v) is 5.20. The monoisotopic (exact) mass is 306 g/mol. The van der Waals surface area contributed by atoms with E-state index in [0.29, 0.717) is 35.8 Å². The van der Waals surface area contributed by atoms with Crippen molar-refractivity contribution in [1.82, 2.24) is 10.2 Å². The van der Waals surface area contributed by atoms with Crippen molar-refractivity contribution >= 4 is 18.0 Å². The van der Waals surface area contributed by atoms with Gasteiger partial charge in [-0.15, -0.1) is 5.10 Å². The molecule has 0 fully saturated rings. The van der Waals surface area contributed by atoms with Crippen molar-refractivity contribution in [2.45, 2.75) is 18.8 Å². The molecule has 0 bridgehead atoms. The lowest BCUT2D eigenvalue weighted by Crippen LogP contribution is -2.00. The van der Waals surface area contributed by atoms with Crippen molar-refractivity contribution < 1.29 is 18.7 Å². The fourth-order valence-electron chi connectivity index (χ4n) is 2.66. The first-order chi connectivity index (χ1) is 10.1. The molecule has 21 heavy (non-hydrogen) atoms. The number of benzene rings is 1. The van der Waals surface area contributed by atoms with E-state index in [1.807, 2.05) is 6.07 Å². The van der Waals surface area contributed by atoms with Crippen molar-refractivity contribution in [3.05, 3.63) is 34.0 Å². The number of aromatic amines is 1. The number of methoxy groups -OCH3 is 2. The summed E-state index contributed by atoms with van der Waals surface area (Å²) in [5.74, 6) is 1.76. The predicted molar refractivity (Wildman–Crippen MR) is 76.6 cm³/mol. The van der Waals surface area contributed by atoms with Crippen LogP contribution in [0.5, 0.6) is 11.5 Å². The smallest absolute Gasteiger partial charge is 0.284 e. The summed E-state index contributed by atoms with van der Waals surface area (Å²) >= 11 is 4.86. The van der Waals surface area contributed by atoms with E-state index in [1.165, 1.54) is 0 Å². The van der Waals surface area contributed by atoms with Gasteiger partial charge < -0.3 is 13.9 Å². The summed E-state index contributed by atoms with van der Waals surface area (Å²) < 4.78 is 15.8. The van der Waals surface area contributed by atoms with Crippen LogP contribution in [0.15, 0.2) is 16.5 Å². The number of aromatic nitrogens is 2. The van der Waals surface area contributed by atoms with Gasteiger partial charge in [-0.05, 0) is 29.9 Å². The van der Waals surface area contributed by atoms with Crippen LogP contribution in [0.25, 0.3) is 0 Å². The topological polar surface area (TPSA) is 77.3 Å². The molecule has 1 unspecified atom stereocenters. The Labute approximate surface area is 126 Å². The van der Waals surface area contributed by atoms with Crippen molar-refractivity contribution in [2.75, 3.05) is 14.2 Å². The van der Waals surface area contributed by atoms with Crippen molar-refractivity contribution in [3.63, 3.8) is 0 Å². The summed E-state index contributed by atoms with van der Waals surface area (Å²) in [7, 11) is 3.12. The minimum absolute atomic E-state index is 0.00811. The predicted octanol–water partition coefficient (Wildman–Crippen LogP) is 2.66. The number of carbonyl (C=O) groups is 1. The molecule has 1 aromatic carbocycles. The van der Waals surface area contributed by atoms with E-state index in [9.17, 15) is 4.79 Å². The van der Waals surface area contributed by atoms with E-state index < -0.39 is 0 Å². The SMILES string of the molecule is COc1cc2c(cc1OC)C(Cc1n[nH]c(=S)o1)CC2=O. The molecule has 1 aliphatic carbocycles. The number of carbonyl (C=O) groups excluding carboxylic acids is 1. The number of nitrogens with zero attached hydrogens (tertiary/aromatic N) is 1. The molecular formula is C14H14N2O4S. The second kappa shape index (κ2) is 5.33. The molecule has 0 aliphatic heterocycles. The van der Waals surface area contributed by atoms with Gasteiger partial charge in [0.25, 0.3) is 4.84 Å². The van der Waals surface area contributed by atoms with Crippen LogP contribution in [0.4, 0.5) is 0 Å². The van der Waals surface area contributed by atoms with E-state index in [0.717, 1.165) is 5.56 Å². The zero-order chi connectivity index (χ0) is 15.0. The first-order valence-corrected chi connectivity index (χ1v) is 6.86. The summed E-state index contributed by atoms with van der Waals surface area (Å²) in [4.78, 5) is 12.4. The van der Waals surface area contributed by atoms with Gasteiger partial charge in [0, 0.05) is 24.3 Å². The Morgan fingerprint density at radius 2 is 2.10 bits per heavy atom. The molecule has 110 valence electrons. The van der Waals surface area contributed by atoms with Gasteiger partial charge in [0.05, 0.1) is 14.2 Å². The van der Waals surface area contributed by atoms with Gasteiger partial charge in [-0.1, -0.05) is 0 Å². The lowest BCUT2D eigenvalue weighted by atomic mass is 9.97. The number of rotatable bonds is 4. The van der Waals surface area contributed by atoms with Gasteiger partial charge >= 0.3 is 0 Å². The number of ketones is 1. The number of hydrogen-bond donors (Lipinski definition) is 1. The molecule has 0 amide bonds. The summed E-state index contributed by atoms with van der Waals surface area (Å²) in [5.41, 5.74) is 1.61. The van der Waals surface area contributed by atoms with E-state index in [4.69, 9.17) is 26.1 Å². The van der Waals surface area contributed by atoms with Crippen LogP contribution in [-0.4, -0.2) is 30.2 Å². The van der Waals surface area contributed by atoms with Crippen LogP contribution in [0.3, 0.4) is 0 Å². The Bertz CT molecular complexity index is 750. The lowest BCUT2D eigenvalue weighted by molar-refractivity contribution is 0.0988. The highest BCUT2D eigenvalue weighted by atomic mass is 32.1. The molecule has 0 radical (unpaired) electrons. The molecule has 0 saturated carbocycles. The quantitative estimate of drug-likeness (QED) is 0.875. The first-order valence-electron chi connectivity index (χ1n) is 6.46. The largest absolute Gasteiger partial charge is 0.493 e. The number of hydrogen-bond acceptors (Lipinski definition) is 6. The Morgan fingerprint density at radius 1 is 1.38 bits per heavy atom. The minimum Gasteiger partial charge on any atom is -0.493 e. The minimum atomic E-state index is 0.00811. The molecule has 1 atom stereocenters. The Morgan fingerprint density at radius 3 is 2.71 bits per heavy atom. The summed E-state index contributed by atoms with van der Waals surface area (Å²) in [6.07, 6.45) is 0.933.